The molecule has 27 heavy (non-hydrogen) atoms. The van der Waals surface area contributed by atoms with Gasteiger partial charge in [0.2, 0.25) is 5.89 Å². The lowest BCUT2D eigenvalue weighted by Gasteiger charge is -2.08. The number of rotatable bonds is 5. The molecule has 3 aromatic rings. The molecule has 0 spiro atoms. The molecule has 0 atom stereocenters. The number of carbonyl (C=O) groups excluding carboxylic acids is 1. The van der Waals surface area contributed by atoms with E-state index in [0.717, 1.165) is 0 Å². The number of halogens is 1. The SMILES string of the molecule is CC(C)S(=O)(=O)c1cccc(-c2nnc(NC(=O)c3ccccc3Br)o2)c1. The summed E-state index contributed by atoms with van der Waals surface area (Å²) in [4.78, 5) is 12.5. The third-order valence-electron chi connectivity index (χ3n) is 3.79. The Morgan fingerprint density at radius 1 is 1.11 bits per heavy atom. The molecule has 140 valence electrons. The molecule has 0 saturated carbocycles. The molecule has 0 radical (unpaired) electrons. The molecule has 0 saturated heterocycles. The Bertz CT molecular complexity index is 1090. The molecule has 0 bridgehead atoms. The highest BCUT2D eigenvalue weighted by Gasteiger charge is 2.21. The van der Waals surface area contributed by atoms with E-state index in [2.05, 4.69) is 31.4 Å². The van der Waals surface area contributed by atoms with Gasteiger partial charge >= 0.3 is 6.01 Å². The smallest absolute Gasteiger partial charge is 0.322 e. The van der Waals surface area contributed by atoms with Gasteiger partial charge in [0, 0.05) is 10.0 Å². The van der Waals surface area contributed by atoms with Crippen LogP contribution in [0.3, 0.4) is 0 Å². The monoisotopic (exact) mass is 449 g/mol. The van der Waals surface area contributed by atoms with Gasteiger partial charge in [-0.25, -0.2) is 8.42 Å². The Morgan fingerprint density at radius 3 is 2.56 bits per heavy atom. The summed E-state index contributed by atoms with van der Waals surface area (Å²) in [6, 6.07) is 13.1. The predicted molar refractivity (Wildman–Crippen MR) is 104 cm³/mol. The largest absolute Gasteiger partial charge is 0.403 e. The van der Waals surface area contributed by atoms with E-state index in [9.17, 15) is 13.2 Å². The van der Waals surface area contributed by atoms with Crippen molar-refractivity contribution in [1.29, 1.82) is 0 Å². The van der Waals surface area contributed by atoms with Crippen molar-refractivity contribution in [2.75, 3.05) is 5.32 Å². The van der Waals surface area contributed by atoms with Gasteiger partial charge in [0.05, 0.1) is 15.7 Å². The summed E-state index contributed by atoms with van der Waals surface area (Å²) in [7, 11) is -3.43. The van der Waals surface area contributed by atoms with Crippen LogP contribution in [-0.4, -0.2) is 29.8 Å². The molecule has 3 rings (SSSR count). The summed E-state index contributed by atoms with van der Waals surface area (Å²) in [5.74, 6) is -0.299. The predicted octanol–water partition coefficient (Wildman–Crippen LogP) is 3.93. The van der Waals surface area contributed by atoms with E-state index in [4.69, 9.17) is 4.42 Å². The molecular weight excluding hydrogens is 434 g/mol. The fourth-order valence-corrected chi connectivity index (χ4v) is 3.85. The van der Waals surface area contributed by atoms with Crippen molar-refractivity contribution < 1.29 is 17.6 Å². The summed E-state index contributed by atoms with van der Waals surface area (Å²) in [5, 5.41) is 9.67. The lowest BCUT2D eigenvalue weighted by molar-refractivity contribution is 0.102. The number of benzene rings is 2. The van der Waals surface area contributed by atoms with E-state index in [1.165, 1.54) is 12.1 Å². The Morgan fingerprint density at radius 2 is 1.85 bits per heavy atom. The Hall–Kier alpha value is -2.52. The zero-order chi connectivity index (χ0) is 19.6. The van der Waals surface area contributed by atoms with E-state index in [1.807, 2.05) is 0 Å². The molecule has 0 aliphatic heterocycles. The summed E-state index contributed by atoms with van der Waals surface area (Å²) >= 11 is 3.31. The highest BCUT2D eigenvalue weighted by Crippen LogP contribution is 2.25. The zero-order valence-corrected chi connectivity index (χ0v) is 16.9. The molecule has 0 fully saturated rings. The minimum absolute atomic E-state index is 0.0807. The van der Waals surface area contributed by atoms with Gasteiger partial charge in [-0.3, -0.25) is 10.1 Å². The van der Waals surface area contributed by atoms with Crippen LogP contribution in [-0.2, 0) is 9.84 Å². The fraction of sp³-hybridized carbons (Fsp3) is 0.167. The second-order valence-electron chi connectivity index (χ2n) is 5.97. The molecule has 9 heteroatoms. The number of hydrogen-bond acceptors (Lipinski definition) is 6. The number of nitrogens with zero attached hydrogens (tertiary/aromatic N) is 2. The van der Waals surface area contributed by atoms with Crippen LogP contribution in [0.25, 0.3) is 11.5 Å². The van der Waals surface area contributed by atoms with E-state index in [1.54, 1.807) is 50.2 Å². The van der Waals surface area contributed by atoms with Gasteiger partial charge < -0.3 is 4.42 Å². The van der Waals surface area contributed by atoms with E-state index in [0.29, 0.717) is 15.6 Å². The molecule has 2 aromatic carbocycles. The van der Waals surface area contributed by atoms with Gasteiger partial charge in [-0.2, -0.15) is 0 Å². The van der Waals surface area contributed by atoms with Crippen molar-refractivity contribution >= 4 is 37.7 Å². The Labute approximate surface area is 164 Å². The topological polar surface area (TPSA) is 102 Å². The van der Waals surface area contributed by atoms with Crippen LogP contribution in [0.15, 0.2) is 62.3 Å². The van der Waals surface area contributed by atoms with Gasteiger partial charge in [0.1, 0.15) is 0 Å². The van der Waals surface area contributed by atoms with Crippen molar-refractivity contribution in [1.82, 2.24) is 10.2 Å². The van der Waals surface area contributed by atoms with Crippen molar-refractivity contribution in [3.05, 3.63) is 58.6 Å². The maximum absolute atomic E-state index is 12.3. The highest BCUT2D eigenvalue weighted by atomic mass is 79.9. The van der Waals surface area contributed by atoms with Gasteiger partial charge in [-0.1, -0.05) is 23.3 Å². The van der Waals surface area contributed by atoms with Crippen molar-refractivity contribution in [2.24, 2.45) is 0 Å². The molecule has 1 aromatic heterocycles. The summed E-state index contributed by atoms with van der Waals surface area (Å²) in [6.07, 6.45) is 0. The van der Waals surface area contributed by atoms with Crippen molar-refractivity contribution in [2.45, 2.75) is 24.0 Å². The molecule has 1 heterocycles. The lowest BCUT2D eigenvalue weighted by atomic mass is 10.2. The van der Waals surface area contributed by atoms with Crippen molar-refractivity contribution in [3.8, 4) is 11.5 Å². The third-order valence-corrected chi connectivity index (χ3v) is 6.64. The molecular formula is C18H16BrN3O4S. The minimum atomic E-state index is -3.43. The van der Waals surface area contributed by atoms with Crippen LogP contribution in [0.4, 0.5) is 6.01 Å². The molecule has 1 N–H and O–H groups in total. The quantitative estimate of drug-likeness (QED) is 0.632. The van der Waals surface area contributed by atoms with E-state index < -0.39 is 21.0 Å². The first-order chi connectivity index (χ1) is 12.8. The van der Waals surface area contributed by atoms with Gasteiger partial charge in [0.25, 0.3) is 5.91 Å². The van der Waals surface area contributed by atoms with Crippen LogP contribution >= 0.6 is 15.9 Å². The number of anilines is 1. The standard InChI is InChI=1S/C18H16BrN3O4S/c1-11(2)27(24,25)13-7-5-6-12(10-13)17-21-22-18(26-17)20-16(23)14-8-3-4-9-15(14)19/h3-11H,1-2H3,(H,20,22,23). The summed E-state index contributed by atoms with van der Waals surface area (Å²) < 4.78 is 30.8. The number of carbonyl (C=O) groups is 1. The van der Waals surface area contributed by atoms with E-state index in [-0.39, 0.29) is 16.8 Å². The first-order valence-electron chi connectivity index (χ1n) is 8.03. The van der Waals surface area contributed by atoms with Crippen LogP contribution in [0, 0.1) is 0 Å². The normalized spacial score (nSPS) is 11.6. The molecule has 0 aliphatic carbocycles. The fourth-order valence-electron chi connectivity index (χ4n) is 2.28. The Balaban J connectivity index is 1.84. The summed E-state index contributed by atoms with van der Waals surface area (Å²) in [6.45, 7) is 3.23. The Kier molecular flexibility index (Phi) is 5.43. The van der Waals surface area contributed by atoms with Crippen LogP contribution in [0.5, 0.6) is 0 Å². The molecule has 1 amide bonds. The van der Waals surface area contributed by atoms with Crippen LogP contribution in [0.2, 0.25) is 0 Å². The molecule has 0 aliphatic rings. The van der Waals surface area contributed by atoms with Gasteiger partial charge in [-0.05, 0) is 60.1 Å². The minimum Gasteiger partial charge on any atom is -0.403 e. The van der Waals surface area contributed by atoms with Crippen LogP contribution in [0.1, 0.15) is 24.2 Å². The molecule has 7 nitrogen and oxygen atoms in total. The van der Waals surface area contributed by atoms with Crippen LogP contribution < -0.4 is 5.32 Å². The lowest BCUT2D eigenvalue weighted by Crippen LogP contribution is -2.13. The number of sulfone groups is 1. The first-order valence-corrected chi connectivity index (χ1v) is 10.4. The maximum atomic E-state index is 12.3. The number of nitrogens with one attached hydrogen (secondary N) is 1. The number of hydrogen-bond donors (Lipinski definition) is 1. The zero-order valence-electron chi connectivity index (χ0n) is 14.5. The average molecular weight is 450 g/mol. The van der Waals surface area contributed by atoms with Crippen molar-refractivity contribution in [3.63, 3.8) is 0 Å². The third kappa shape index (κ3) is 4.09. The second-order valence-corrected chi connectivity index (χ2v) is 9.33. The molecule has 0 unspecified atom stereocenters. The second kappa shape index (κ2) is 7.61. The maximum Gasteiger partial charge on any atom is 0.322 e. The summed E-state index contributed by atoms with van der Waals surface area (Å²) in [5.41, 5.74) is 0.868. The highest BCUT2D eigenvalue weighted by molar-refractivity contribution is 9.10. The number of aromatic nitrogens is 2. The number of amides is 1. The van der Waals surface area contributed by atoms with Gasteiger partial charge in [-0.15, -0.1) is 5.10 Å². The average Bonchev–Trinajstić information content (AvgIpc) is 3.10. The van der Waals surface area contributed by atoms with Gasteiger partial charge in [0.15, 0.2) is 9.84 Å². The first kappa shape index (κ1) is 19.2. The van der Waals surface area contributed by atoms with E-state index >= 15 is 0 Å².